The van der Waals surface area contributed by atoms with Crippen molar-refractivity contribution in [1.82, 2.24) is 15.2 Å². The number of nitrogens with two attached hydrogens (primary N) is 1. The number of aromatic nitrogens is 1. The molecule has 8 heteroatoms. The smallest absolute Gasteiger partial charge is 0.253 e. The molecule has 0 bridgehead atoms. The van der Waals surface area contributed by atoms with E-state index in [2.05, 4.69) is 10.3 Å². The number of pyridine rings is 1. The molecule has 0 radical (unpaired) electrons. The lowest BCUT2D eigenvalue weighted by molar-refractivity contribution is -0.126. The molecule has 3 N–H and O–H groups in total. The van der Waals surface area contributed by atoms with Crippen LogP contribution in [0.25, 0.3) is 0 Å². The van der Waals surface area contributed by atoms with Gasteiger partial charge in [-0.3, -0.25) is 19.4 Å². The van der Waals surface area contributed by atoms with E-state index in [9.17, 15) is 14.4 Å². The zero-order valence-corrected chi connectivity index (χ0v) is 19.4. The molecule has 0 atom stereocenters. The predicted octanol–water partition coefficient (Wildman–Crippen LogP) is 2.93. The Kier molecular flexibility index (Phi) is 7.72. The highest BCUT2D eigenvalue weighted by atomic mass is 16.5. The maximum atomic E-state index is 13.1. The van der Waals surface area contributed by atoms with Gasteiger partial charge in [-0.15, -0.1) is 0 Å². The molecule has 1 saturated heterocycles. The van der Waals surface area contributed by atoms with E-state index in [1.165, 1.54) is 0 Å². The summed E-state index contributed by atoms with van der Waals surface area (Å²) in [6.07, 6.45) is 4.68. The Balaban J connectivity index is 1.30. The van der Waals surface area contributed by atoms with Crippen LogP contribution in [0.1, 0.15) is 44.7 Å². The van der Waals surface area contributed by atoms with Gasteiger partial charge in [0.15, 0.2) is 0 Å². The van der Waals surface area contributed by atoms with Crippen LogP contribution in [0.3, 0.4) is 0 Å². The molecular weight excluding hydrogens is 444 g/mol. The number of carbonyl (C=O) groups excluding carboxylic acids is 3. The second kappa shape index (κ2) is 11.3. The third-order valence-corrected chi connectivity index (χ3v) is 6.06. The van der Waals surface area contributed by atoms with Crippen LogP contribution in [0, 0.1) is 5.92 Å². The zero-order chi connectivity index (χ0) is 24.6. The van der Waals surface area contributed by atoms with Crippen LogP contribution >= 0.6 is 0 Å². The summed E-state index contributed by atoms with van der Waals surface area (Å²) in [5, 5.41) is 2.97. The number of hydrogen-bond acceptors (Lipinski definition) is 5. The number of rotatable bonds is 8. The lowest BCUT2D eigenvalue weighted by atomic mass is 9.95. The number of carbonyl (C=O) groups is 3. The van der Waals surface area contributed by atoms with Gasteiger partial charge in [-0.25, -0.2) is 0 Å². The quantitative estimate of drug-likeness (QED) is 0.523. The Hall–Kier alpha value is -4.20. The van der Waals surface area contributed by atoms with E-state index in [4.69, 9.17) is 10.5 Å². The number of nitrogens with zero attached hydrogens (tertiary/aromatic N) is 2. The third-order valence-electron chi connectivity index (χ3n) is 6.06. The van der Waals surface area contributed by atoms with E-state index in [1.807, 2.05) is 24.3 Å². The molecule has 0 aliphatic carbocycles. The first kappa shape index (κ1) is 23.9. The number of amides is 3. The summed E-state index contributed by atoms with van der Waals surface area (Å²) in [6.45, 7) is 1.70. The highest BCUT2D eigenvalue weighted by Crippen LogP contribution is 2.22. The summed E-state index contributed by atoms with van der Waals surface area (Å²) in [4.78, 5) is 43.0. The topological polar surface area (TPSA) is 115 Å². The van der Waals surface area contributed by atoms with E-state index in [1.54, 1.807) is 53.7 Å². The first-order valence-corrected chi connectivity index (χ1v) is 11.6. The maximum absolute atomic E-state index is 13.1. The second-order valence-corrected chi connectivity index (χ2v) is 8.50. The first-order chi connectivity index (χ1) is 17.0. The van der Waals surface area contributed by atoms with E-state index < -0.39 is 5.91 Å². The summed E-state index contributed by atoms with van der Waals surface area (Å²) in [6, 6.07) is 17.8. The summed E-state index contributed by atoms with van der Waals surface area (Å²) in [5.41, 5.74) is 8.04. The molecule has 3 amide bonds. The molecule has 3 aromatic rings. The van der Waals surface area contributed by atoms with Gasteiger partial charge in [-0.1, -0.05) is 30.3 Å². The molecule has 0 spiro atoms. The van der Waals surface area contributed by atoms with Crippen molar-refractivity contribution in [3.8, 4) is 5.75 Å². The fourth-order valence-corrected chi connectivity index (χ4v) is 4.11. The molecule has 0 saturated carbocycles. The molecule has 1 fully saturated rings. The van der Waals surface area contributed by atoms with Crippen molar-refractivity contribution in [1.29, 1.82) is 0 Å². The molecule has 0 unspecified atom stereocenters. The number of hydrogen-bond donors (Lipinski definition) is 2. The zero-order valence-electron chi connectivity index (χ0n) is 19.4. The number of benzene rings is 2. The van der Waals surface area contributed by atoms with Gasteiger partial charge in [0.25, 0.3) is 11.8 Å². The van der Waals surface area contributed by atoms with E-state index in [0.29, 0.717) is 49.4 Å². The Morgan fingerprint density at radius 2 is 1.77 bits per heavy atom. The second-order valence-electron chi connectivity index (χ2n) is 8.50. The summed E-state index contributed by atoms with van der Waals surface area (Å²) in [5.74, 6) is -0.324. The van der Waals surface area contributed by atoms with E-state index in [0.717, 1.165) is 11.1 Å². The number of para-hydroxylation sites is 1. The number of piperidine rings is 1. The highest BCUT2D eigenvalue weighted by Gasteiger charge is 2.27. The Bertz CT molecular complexity index is 1190. The Morgan fingerprint density at radius 3 is 2.51 bits per heavy atom. The van der Waals surface area contributed by atoms with Crippen molar-refractivity contribution in [2.75, 3.05) is 13.1 Å². The number of likely N-dealkylation sites (tertiary alicyclic amines) is 1. The fourth-order valence-electron chi connectivity index (χ4n) is 4.11. The molecule has 1 aliphatic rings. The largest absolute Gasteiger partial charge is 0.488 e. The minimum atomic E-state index is -0.557. The molecule has 8 nitrogen and oxygen atoms in total. The molecule has 180 valence electrons. The summed E-state index contributed by atoms with van der Waals surface area (Å²) in [7, 11) is 0. The van der Waals surface area contributed by atoms with Gasteiger partial charge in [0.05, 0.1) is 5.56 Å². The third kappa shape index (κ3) is 6.23. The first-order valence-electron chi connectivity index (χ1n) is 11.6. The molecule has 1 aromatic heterocycles. The summed E-state index contributed by atoms with van der Waals surface area (Å²) < 4.78 is 5.79. The average molecular weight is 473 g/mol. The van der Waals surface area contributed by atoms with Gasteiger partial charge in [0.1, 0.15) is 12.4 Å². The fraction of sp³-hybridized carbons (Fsp3) is 0.259. The van der Waals surface area contributed by atoms with Crippen molar-refractivity contribution >= 4 is 17.7 Å². The Morgan fingerprint density at radius 1 is 1.00 bits per heavy atom. The van der Waals surface area contributed by atoms with Crippen LogP contribution in [0.15, 0.2) is 73.1 Å². The van der Waals surface area contributed by atoms with Crippen LogP contribution in [0.2, 0.25) is 0 Å². The minimum absolute atomic E-state index is 0.0105. The van der Waals surface area contributed by atoms with Gasteiger partial charge < -0.3 is 20.7 Å². The molecule has 2 heterocycles. The van der Waals surface area contributed by atoms with E-state index >= 15 is 0 Å². The van der Waals surface area contributed by atoms with Crippen LogP contribution in [0.5, 0.6) is 5.75 Å². The molecule has 35 heavy (non-hydrogen) atoms. The molecule has 4 rings (SSSR count). The van der Waals surface area contributed by atoms with Gasteiger partial charge in [-0.2, -0.15) is 0 Å². The predicted molar refractivity (Wildman–Crippen MR) is 130 cm³/mol. The van der Waals surface area contributed by atoms with Crippen LogP contribution in [0.4, 0.5) is 0 Å². The summed E-state index contributed by atoms with van der Waals surface area (Å²) >= 11 is 0. The van der Waals surface area contributed by atoms with Crippen LogP contribution in [-0.2, 0) is 17.9 Å². The molecule has 2 aromatic carbocycles. The molecular formula is C27H28N4O4. The molecule has 1 aliphatic heterocycles. The Labute approximate surface area is 204 Å². The number of nitrogens with one attached hydrogen (secondary N) is 1. The van der Waals surface area contributed by atoms with E-state index in [-0.39, 0.29) is 24.3 Å². The normalized spacial score (nSPS) is 13.8. The van der Waals surface area contributed by atoms with Gasteiger partial charge in [0.2, 0.25) is 5.91 Å². The standard InChI is InChI=1S/C27H28N4O4/c28-25(32)23-8-1-2-9-24(23)35-18-19-5-3-7-22(15-19)27(34)31-13-10-21(11-14-31)26(33)30-17-20-6-4-12-29-16-20/h1-9,12,15-16,21H,10-11,13-14,17-18H2,(H2,28,32)(H,30,33). The van der Waals surface area contributed by atoms with Crippen molar-refractivity contribution in [3.63, 3.8) is 0 Å². The number of primary amides is 1. The highest BCUT2D eigenvalue weighted by molar-refractivity contribution is 5.95. The minimum Gasteiger partial charge on any atom is -0.488 e. The van der Waals surface area contributed by atoms with Gasteiger partial charge in [-0.05, 0) is 54.3 Å². The van der Waals surface area contributed by atoms with Crippen LogP contribution < -0.4 is 15.8 Å². The van der Waals surface area contributed by atoms with Gasteiger partial charge >= 0.3 is 0 Å². The lowest BCUT2D eigenvalue weighted by Gasteiger charge is -2.31. The SMILES string of the molecule is NC(=O)c1ccccc1OCc1cccc(C(=O)N2CCC(C(=O)NCc3cccnc3)CC2)c1. The van der Waals surface area contributed by atoms with Crippen LogP contribution in [-0.4, -0.2) is 40.7 Å². The average Bonchev–Trinajstić information content (AvgIpc) is 2.91. The lowest BCUT2D eigenvalue weighted by Crippen LogP contribution is -2.43. The van der Waals surface area contributed by atoms with Crippen molar-refractivity contribution in [2.45, 2.75) is 26.0 Å². The number of ether oxygens (including phenoxy) is 1. The van der Waals surface area contributed by atoms with Crippen molar-refractivity contribution in [3.05, 3.63) is 95.3 Å². The maximum Gasteiger partial charge on any atom is 0.253 e. The van der Waals surface area contributed by atoms with Crippen molar-refractivity contribution in [2.24, 2.45) is 11.7 Å². The van der Waals surface area contributed by atoms with Gasteiger partial charge in [0, 0.05) is 43.5 Å². The van der Waals surface area contributed by atoms with Crippen molar-refractivity contribution < 1.29 is 19.1 Å². The monoisotopic (exact) mass is 472 g/mol.